The van der Waals surface area contributed by atoms with Gasteiger partial charge in [0.05, 0.1) is 16.7 Å². The lowest BCUT2D eigenvalue weighted by molar-refractivity contribution is -0.136. The first-order valence-corrected chi connectivity index (χ1v) is 7.62. The van der Waals surface area contributed by atoms with Crippen LogP contribution < -0.4 is 0 Å². The average Bonchev–Trinajstić information content (AvgIpc) is 2.25. The Morgan fingerprint density at radius 2 is 1.84 bits per heavy atom. The molecule has 5 nitrogen and oxygen atoms in total. The monoisotopic (exact) mass is 346 g/mol. The number of halogens is 3. The van der Waals surface area contributed by atoms with E-state index in [-0.39, 0.29) is 11.1 Å². The molecule has 1 atom stereocenters. The smallest absolute Gasteiger partial charge is 0.307 e. The van der Waals surface area contributed by atoms with Gasteiger partial charge in [0.15, 0.2) is 0 Å². The number of hydrogen-bond donors (Lipinski definition) is 2. The quantitative estimate of drug-likeness (QED) is 0.631. The van der Waals surface area contributed by atoms with Gasteiger partial charge in [-0.3, -0.25) is 9.35 Å². The Bertz CT molecular complexity index is 585. The van der Waals surface area contributed by atoms with E-state index in [1.807, 2.05) is 0 Å². The molecule has 0 spiro atoms. The van der Waals surface area contributed by atoms with Gasteiger partial charge in [0.1, 0.15) is 4.84 Å². The van der Waals surface area contributed by atoms with E-state index in [1.54, 1.807) is 0 Å². The minimum Gasteiger partial charge on any atom is -0.481 e. The lowest BCUT2D eigenvalue weighted by Gasteiger charge is -2.17. The number of carbonyl (C=O) groups is 1. The van der Waals surface area contributed by atoms with Crippen molar-refractivity contribution in [2.45, 2.75) is 21.5 Å². The van der Waals surface area contributed by atoms with E-state index >= 15 is 0 Å². The van der Waals surface area contributed by atoms with E-state index in [9.17, 15) is 13.2 Å². The molecule has 0 aromatic heterocycles. The van der Waals surface area contributed by atoms with Gasteiger partial charge >= 0.3 is 5.97 Å². The summed E-state index contributed by atoms with van der Waals surface area (Å²) in [5.74, 6) is -1.18. The van der Waals surface area contributed by atoms with E-state index < -0.39 is 37.6 Å². The lowest BCUT2D eigenvalue weighted by atomic mass is 10.0. The molecule has 0 aliphatic rings. The van der Waals surface area contributed by atoms with Crippen LogP contribution in [0.4, 0.5) is 0 Å². The molecule has 1 unspecified atom stereocenters. The standard InChI is InChI=1S/C10H9Cl3O5S/c11-9(10(12)13)8-5(4-7(14)15)2-1-3-6(8)19(16,17)18/h1-3,9-10H,4H2,(H,14,15)(H,16,17,18). The molecule has 1 aromatic carbocycles. The molecule has 0 aliphatic carbocycles. The Morgan fingerprint density at radius 1 is 1.26 bits per heavy atom. The SMILES string of the molecule is O=C(O)Cc1cccc(S(=O)(=O)O)c1C(Cl)C(Cl)Cl. The maximum atomic E-state index is 11.3. The number of carboxylic acids is 1. The van der Waals surface area contributed by atoms with Crippen molar-refractivity contribution in [3.8, 4) is 0 Å². The normalized spacial score (nSPS) is 13.5. The van der Waals surface area contributed by atoms with Crippen molar-refractivity contribution in [3.05, 3.63) is 29.3 Å². The molecule has 0 saturated heterocycles. The predicted octanol–water partition coefficient (Wildman–Crippen LogP) is 2.64. The highest BCUT2D eigenvalue weighted by Crippen LogP contribution is 2.37. The molecule has 106 valence electrons. The third kappa shape index (κ3) is 4.22. The van der Waals surface area contributed by atoms with Gasteiger partial charge in [-0.05, 0) is 17.2 Å². The topological polar surface area (TPSA) is 91.7 Å². The molecule has 0 aliphatic heterocycles. The fraction of sp³-hybridized carbons (Fsp3) is 0.300. The molecule has 2 N–H and O–H groups in total. The fourth-order valence-corrected chi connectivity index (χ4v) is 2.93. The molecule has 0 heterocycles. The zero-order chi connectivity index (χ0) is 14.8. The Labute approximate surface area is 124 Å². The van der Waals surface area contributed by atoms with Gasteiger partial charge in [-0.25, -0.2) is 0 Å². The average molecular weight is 348 g/mol. The zero-order valence-corrected chi connectivity index (χ0v) is 12.3. The first-order valence-electron chi connectivity index (χ1n) is 4.88. The van der Waals surface area contributed by atoms with Crippen LogP contribution in [0.15, 0.2) is 23.1 Å². The molecule has 0 saturated carbocycles. The largest absolute Gasteiger partial charge is 0.481 e. The summed E-state index contributed by atoms with van der Waals surface area (Å²) in [6, 6.07) is 3.77. The second kappa shape index (κ2) is 6.28. The molecule has 0 bridgehead atoms. The van der Waals surface area contributed by atoms with Crippen LogP contribution in [0.5, 0.6) is 0 Å². The van der Waals surface area contributed by atoms with Crippen molar-refractivity contribution >= 4 is 50.9 Å². The van der Waals surface area contributed by atoms with Crippen LogP contribution in [0, 0.1) is 0 Å². The molecular weight excluding hydrogens is 339 g/mol. The number of rotatable bonds is 5. The summed E-state index contributed by atoms with van der Waals surface area (Å²) in [4.78, 5) is 9.08. The second-order valence-electron chi connectivity index (χ2n) is 3.61. The van der Waals surface area contributed by atoms with Crippen LogP contribution >= 0.6 is 34.8 Å². The summed E-state index contributed by atoms with van der Waals surface area (Å²) >= 11 is 17.1. The highest BCUT2D eigenvalue weighted by molar-refractivity contribution is 7.85. The maximum absolute atomic E-state index is 11.3. The molecule has 0 fully saturated rings. The summed E-state index contributed by atoms with van der Waals surface area (Å²) in [5, 5.41) is 7.61. The van der Waals surface area contributed by atoms with Gasteiger partial charge in [-0.1, -0.05) is 12.1 Å². The van der Waals surface area contributed by atoms with Gasteiger partial charge in [-0.2, -0.15) is 8.42 Å². The Balaban J connectivity index is 3.54. The summed E-state index contributed by atoms with van der Waals surface area (Å²) in [6.07, 6.45) is -0.470. The number of aliphatic carboxylic acids is 1. The fourth-order valence-electron chi connectivity index (χ4n) is 1.57. The summed E-state index contributed by atoms with van der Waals surface area (Å²) in [6.45, 7) is 0. The minimum atomic E-state index is -4.56. The molecular formula is C10H9Cl3O5S. The van der Waals surface area contributed by atoms with E-state index in [4.69, 9.17) is 44.5 Å². The van der Waals surface area contributed by atoms with Gasteiger partial charge in [0, 0.05) is 0 Å². The third-order valence-electron chi connectivity index (χ3n) is 2.27. The van der Waals surface area contributed by atoms with Gasteiger partial charge < -0.3 is 5.11 Å². The van der Waals surface area contributed by atoms with Crippen molar-refractivity contribution in [1.82, 2.24) is 0 Å². The summed E-state index contributed by atoms with van der Waals surface area (Å²) in [7, 11) is -4.56. The molecule has 1 aromatic rings. The Morgan fingerprint density at radius 3 is 2.26 bits per heavy atom. The highest BCUT2D eigenvalue weighted by Gasteiger charge is 2.28. The van der Waals surface area contributed by atoms with Crippen LogP contribution in [0.3, 0.4) is 0 Å². The van der Waals surface area contributed by atoms with Crippen LogP contribution in [-0.2, 0) is 21.3 Å². The minimum absolute atomic E-state index is 0.107. The summed E-state index contributed by atoms with van der Waals surface area (Å²) < 4.78 is 31.7. The number of alkyl halides is 3. The first kappa shape index (κ1) is 16.5. The Kier molecular flexibility index (Phi) is 5.46. The van der Waals surface area contributed by atoms with E-state index in [1.165, 1.54) is 12.1 Å². The van der Waals surface area contributed by atoms with Crippen LogP contribution in [0.2, 0.25) is 0 Å². The molecule has 19 heavy (non-hydrogen) atoms. The van der Waals surface area contributed by atoms with Crippen LogP contribution in [-0.4, -0.2) is 28.9 Å². The van der Waals surface area contributed by atoms with E-state index in [0.29, 0.717) is 0 Å². The van der Waals surface area contributed by atoms with Crippen molar-refractivity contribution in [1.29, 1.82) is 0 Å². The van der Waals surface area contributed by atoms with E-state index in [2.05, 4.69) is 0 Å². The lowest BCUT2D eigenvalue weighted by Crippen LogP contribution is -2.13. The highest BCUT2D eigenvalue weighted by atomic mass is 35.5. The molecule has 0 radical (unpaired) electrons. The van der Waals surface area contributed by atoms with Crippen molar-refractivity contribution in [3.63, 3.8) is 0 Å². The van der Waals surface area contributed by atoms with Crippen molar-refractivity contribution in [2.75, 3.05) is 0 Å². The van der Waals surface area contributed by atoms with Gasteiger partial charge in [0.25, 0.3) is 10.1 Å². The molecule has 9 heteroatoms. The van der Waals surface area contributed by atoms with Crippen LogP contribution in [0.1, 0.15) is 16.5 Å². The van der Waals surface area contributed by atoms with E-state index in [0.717, 1.165) is 6.07 Å². The number of benzene rings is 1. The first-order chi connectivity index (χ1) is 8.64. The van der Waals surface area contributed by atoms with Crippen molar-refractivity contribution < 1.29 is 22.9 Å². The van der Waals surface area contributed by atoms with Gasteiger partial charge in [0.2, 0.25) is 0 Å². The van der Waals surface area contributed by atoms with Crippen LogP contribution in [0.25, 0.3) is 0 Å². The maximum Gasteiger partial charge on any atom is 0.307 e. The Hall–Kier alpha value is -0.530. The van der Waals surface area contributed by atoms with Gasteiger partial charge in [-0.15, -0.1) is 34.8 Å². The third-order valence-corrected chi connectivity index (χ3v) is 4.42. The zero-order valence-electron chi connectivity index (χ0n) is 9.26. The number of carboxylic acid groups (broad SMARTS) is 1. The second-order valence-corrected chi connectivity index (χ2v) is 6.63. The predicted molar refractivity (Wildman–Crippen MR) is 71.7 cm³/mol. The molecule has 1 rings (SSSR count). The summed E-state index contributed by atoms with van der Waals surface area (Å²) in [5.41, 5.74) is 0.0120. The van der Waals surface area contributed by atoms with Crippen molar-refractivity contribution in [2.24, 2.45) is 0 Å². The number of hydrogen-bond acceptors (Lipinski definition) is 3. The molecule has 0 amide bonds.